The van der Waals surface area contributed by atoms with Gasteiger partial charge in [-0.1, -0.05) is 6.07 Å². The molecule has 19 heavy (non-hydrogen) atoms. The van der Waals surface area contributed by atoms with Crippen molar-refractivity contribution in [2.75, 3.05) is 39.8 Å². The summed E-state index contributed by atoms with van der Waals surface area (Å²) in [6, 6.07) is 4.44. The summed E-state index contributed by atoms with van der Waals surface area (Å²) in [6.45, 7) is 10.1. The average molecular weight is 262 g/mol. The van der Waals surface area contributed by atoms with E-state index in [1.54, 1.807) is 7.11 Å². The van der Waals surface area contributed by atoms with Gasteiger partial charge in [0.15, 0.2) is 0 Å². The summed E-state index contributed by atoms with van der Waals surface area (Å²) in [7, 11) is 1.77. The molecule has 0 radical (unpaired) electrons. The first kappa shape index (κ1) is 14.4. The van der Waals surface area contributed by atoms with Gasteiger partial charge in [0.25, 0.3) is 0 Å². The fourth-order valence-corrected chi connectivity index (χ4v) is 2.64. The first-order chi connectivity index (χ1) is 9.20. The molecule has 1 aromatic carbocycles. The molecule has 106 valence electrons. The Balaban J connectivity index is 1.99. The van der Waals surface area contributed by atoms with E-state index in [-0.39, 0.29) is 0 Å². The lowest BCUT2D eigenvalue weighted by Gasteiger charge is -2.20. The minimum absolute atomic E-state index is 1.04. The molecule has 1 aliphatic rings. The maximum absolute atomic E-state index is 5.51. The third-order valence-electron chi connectivity index (χ3n) is 4.03. The van der Waals surface area contributed by atoms with E-state index in [4.69, 9.17) is 4.74 Å². The molecule has 1 aliphatic heterocycles. The zero-order valence-corrected chi connectivity index (χ0v) is 12.5. The highest BCUT2D eigenvalue weighted by molar-refractivity contribution is 5.41. The Labute approximate surface area is 116 Å². The predicted molar refractivity (Wildman–Crippen MR) is 80.1 cm³/mol. The number of benzene rings is 1. The lowest BCUT2D eigenvalue weighted by atomic mass is 10.0. The van der Waals surface area contributed by atoms with E-state index in [1.807, 2.05) is 0 Å². The quantitative estimate of drug-likeness (QED) is 0.900. The van der Waals surface area contributed by atoms with E-state index in [0.717, 1.165) is 38.3 Å². The van der Waals surface area contributed by atoms with E-state index in [1.165, 1.54) is 29.7 Å². The van der Waals surface area contributed by atoms with Crippen molar-refractivity contribution in [2.24, 2.45) is 0 Å². The fraction of sp³-hybridized carbons (Fsp3) is 0.625. The van der Waals surface area contributed by atoms with Crippen LogP contribution in [0.5, 0.6) is 5.75 Å². The van der Waals surface area contributed by atoms with Crippen LogP contribution in [0.4, 0.5) is 0 Å². The number of hydrogen-bond donors (Lipinski definition) is 1. The number of ether oxygens (including phenoxy) is 1. The third kappa shape index (κ3) is 3.95. The SMILES string of the molecule is COc1cc(C)c(C)cc1CCN1CCCNCC1. The Hall–Kier alpha value is -1.06. The van der Waals surface area contributed by atoms with Gasteiger partial charge in [0, 0.05) is 19.6 Å². The van der Waals surface area contributed by atoms with Gasteiger partial charge in [-0.15, -0.1) is 0 Å². The lowest BCUT2D eigenvalue weighted by Crippen LogP contribution is -2.30. The molecule has 1 fully saturated rings. The number of rotatable bonds is 4. The van der Waals surface area contributed by atoms with Crippen molar-refractivity contribution in [3.8, 4) is 5.75 Å². The lowest BCUT2D eigenvalue weighted by molar-refractivity contribution is 0.294. The maximum Gasteiger partial charge on any atom is 0.122 e. The highest BCUT2D eigenvalue weighted by atomic mass is 16.5. The van der Waals surface area contributed by atoms with E-state index < -0.39 is 0 Å². The van der Waals surface area contributed by atoms with Crippen LogP contribution in [0, 0.1) is 13.8 Å². The molecular weight excluding hydrogens is 236 g/mol. The molecule has 0 aromatic heterocycles. The van der Waals surface area contributed by atoms with Crippen molar-refractivity contribution >= 4 is 0 Å². The second-order valence-electron chi connectivity index (χ2n) is 5.44. The van der Waals surface area contributed by atoms with Crippen LogP contribution in [0.2, 0.25) is 0 Å². The van der Waals surface area contributed by atoms with Gasteiger partial charge in [-0.3, -0.25) is 0 Å². The molecule has 3 nitrogen and oxygen atoms in total. The monoisotopic (exact) mass is 262 g/mol. The Morgan fingerprint density at radius 2 is 1.95 bits per heavy atom. The van der Waals surface area contributed by atoms with Gasteiger partial charge >= 0.3 is 0 Å². The van der Waals surface area contributed by atoms with Crippen LogP contribution < -0.4 is 10.1 Å². The topological polar surface area (TPSA) is 24.5 Å². The van der Waals surface area contributed by atoms with Crippen LogP contribution in [0.1, 0.15) is 23.1 Å². The van der Waals surface area contributed by atoms with Crippen LogP contribution in [0.15, 0.2) is 12.1 Å². The zero-order chi connectivity index (χ0) is 13.7. The number of aryl methyl sites for hydroxylation is 2. The number of hydrogen-bond acceptors (Lipinski definition) is 3. The van der Waals surface area contributed by atoms with Gasteiger partial charge in [-0.05, 0) is 62.5 Å². The normalized spacial score (nSPS) is 17.2. The Morgan fingerprint density at radius 1 is 1.16 bits per heavy atom. The smallest absolute Gasteiger partial charge is 0.122 e. The van der Waals surface area contributed by atoms with Crippen molar-refractivity contribution in [3.63, 3.8) is 0 Å². The molecule has 1 aromatic rings. The molecule has 1 N–H and O–H groups in total. The summed E-state index contributed by atoms with van der Waals surface area (Å²) in [5, 5.41) is 3.45. The molecular formula is C16H26N2O. The minimum Gasteiger partial charge on any atom is -0.496 e. The predicted octanol–water partition coefficient (Wildman–Crippen LogP) is 2.15. The van der Waals surface area contributed by atoms with Gasteiger partial charge in [0.2, 0.25) is 0 Å². The van der Waals surface area contributed by atoms with Crippen LogP contribution >= 0.6 is 0 Å². The van der Waals surface area contributed by atoms with E-state index in [2.05, 4.69) is 36.2 Å². The molecule has 0 atom stereocenters. The van der Waals surface area contributed by atoms with Gasteiger partial charge in [-0.25, -0.2) is 0 Å². The Bertz CT molecular complexity index is 409. The zero-order valence-electron chi connectivity index (χ0n) is 12.5. The first-order valence-electron chi connectivity index (χ1n) is 7.28. The Kier molecular flexibility index (Phi) is 5.23. The standard InChI is InChI=1S/C16H26N2O/c1-13-11-15(16(19-3)12-14(13)2)5-9-18-8-4-6-17-7-10-18/h11-12,17H,4-10H2,1-3H3. The van der Waals surface area contributed by atoms with Gasteiger partial charge in [0.05, 0.1) is 7.11 Å². The van der Waals surface area contributed by atoms with Crippen molar-refractivity contribution in [1.82, 2.24) is 10.2 Å². The molecule has 0 spiro atoms. The van der Waals surface area contributed by atoms with E-state index in [9.17, 15) is 0 Å². The van der Waals surface area contributed by atoms with Gasteiger partial charge in [-0.2, -0.15) is 0 Å². The molecule has 0 bridgehead atoms. The van der Waals surface area contributed by atoms with Crippen molar-refractivity contribution in [1.29, 1.82) is 0 Å². The van der Waals surface area contributed by atoms with Gasteiger partial charge < -0.3 is 15.0 Å². The van der Waals surface area contributed by atoms with Crippen LogP contribution in [0.3, 0.4) is 0 Å². The number of nitrogens with zero attached hydrogens (tertiary/aromatic N) is 1. The maximum atomic E-state index is 5.51. The molecule has 3 heteroatoms. The average Bonchev–Trinajstić information content (AvgIpc) is 2.68. The van der Waals surface area contributed by atoms with E-state index in [0.29, 0.717) is 0 Å². The van der Waals surface area contributed by atoms with Crippen molar-refractivity contribution in [2.45, 2.75) is 26.7 Å². The molecule has 1 saturated heterocycles. The second-order valence-corrected chi connectivity index (χ2v) is 5.44. The summed E-state index contributed by atoms with van der Waals surface area (Å²) < 4.78 is 5.51. The first-order valence-corrected chi connectivity index (χ1v) is 7.28. The number of nitrogens with one attached hydrogen (secondary N) is 1. The molecule has 0 unspecified atom stereocenters. The third-order valence-corrected chi connectivity index (χ3v) is 4.03. The Morgan fingerprint density at radius 3 is 2.74 bits per heavy atom. The summed E-state index contributed by atoms with van der Waals surface area (Å²) in [4.78, 5) is 2.55. The molecule has 0 aliphatic carbocycles. The summed E-state index contributed by atoms with van der Waals surface area (Å²) >= 11 is 0. The van der Waals surface area contributed by atoms with Crippen molar-refractivity contribution in [3.05, 3.63) is 28.8 Å². The van der Waals surface area contributed by atoms with Crippen LogP contribution in [0.25, 0.3) is 0 Å². The largest absolute Gasteiger partial charge is 0.496 e. The van der Waals surface area contributed by atoms with Crippen LogP contribution in [-0.4, -0.2) is 44.7 Å². The second kappa shape index (κ2) is 6.92. The summed E-state index contributed by atoms with van der Waals surface area (Å²) in [5.74, 6) is 1.04. The van der Waals surface area contributed by atoms with E-state index >= 15 is 0 Å². The minimum atomic E-state index is 1.04. The highest BCUT2D eigenvalue weighted by Crippen LogP contribution is 2.23. The van der Waals surface area contributed by atoms with Gasteiger partial charge in [0.1, 0.15) is 5.75 Å². The van der Waals surface area contributed by atoms with Crippen LogP contribution in [-0.2, 0) is 6.42 Å². The molecule has 2 rings (SSSR count). The highest BCUT2D eigenvalue weighted by Gasteiger charge is 2.11. The van der Waals surface area contributed by atoms with Crippen molar-refractivity contribution < 1.29 is 4.74 Å². The summed E-state index contributed by atoms with van der Waals surface area (Å²) in [6.07, 6.45) is 2.33. The number of methoxy groups -OCH3 is 1. The molecule has 1 heterocycles. The molecule has 0 saturated carbocycles. The molecule has 0 amide bonds. The fourth-order valence-electron chi connectivity index (χ4n) is 2.64. The summed E-state index contributed by atoms with van der Waals surface area (Å²) in [5.41, 5.74) is 4.00.